The van der Waals surface area contributed by atoms with Crippen LogP contribution >= 0.6 is 11.6 Å². The van der Waals surface area contributed by atoms with Crippen LogP contribution in [-0.4, -0.2) is 41.8 Å². The van der Waals surface area contributed by atoms with Crippen molar-refractivity contribution in [3.05, 3.63) is 59.1 Å². The molecule has 0 spiro atoms. The summed E-state index contributed by atoms with van der Waals surface area (Å²) in [5.41, 5.74) is 0.937. The standard InChI is InChI=1S/C21H19ClN2O4/c1-28-17-10-2-13(3-11-17)20(26)23(15-8-9-15)18-12-19(25)24(21(18)27)16-6-4-14(22)5-7-16/h2-7,10-11,15,18H,8-9,12H2,1H3. The van der Waals surface area contributed by atoms with E-state index in [2.05, 4.69) is 0 Å². The molecule has 4 rings (SSSR count). The third-order valence-corrected chi connectivity index (χ3v) is 5.31. The topological polar surface area (TPSA) is 66.9 Å². The average Bonchev–Trinajstić information content (AvgIpc) is 3.49. The van der Waals surface area contributed by atoms with Crippen LogP contribution in [0.1, 0.15) is 29.6 Å². The van der Waals surface area contributed by atoms with Crippen molar-refractivity contribution in [2.75, 3.05) is 12.0 Å². The summed E-state index contributed by atoms with van der Waals surface area (Å²) in [7, 11) is 1.56. The van der Waals surface area contributed by atoms with Gasteiger partial charge in [0.25, 0.3) is 11.8 Å². The number of hydrogen-bond acceptors (Lipinski definition) is 4. The van der Waals surface area contributed by atoms with Crippen molar-refractivity contribution < 1.29 is 19.1 Å². The molecule has 2 aromatic carbocycles. The molecule has 3 amide bonds. The summed E-state index contributed by atoms with van der Waals surface area (Å²) >= 11 is 5.90. The highest BCUT2D eigenvalue weighted by molar-refractivity contribution is 6.31. The Morgan fingerprint density at radius 1 is 1.07 bits per heavy atom. The lowest BCUT2D eigenvalue weighted by atomic mass is 10.1. The fourth-order valence-electron chi connectivity index (χ4n) is 3.49. The molecule has 2 fully saturated rings. The number of amides is 3. The van der Waals surface area contributed by atoms with Gasteiger partial charge in [0.1, 0.15) is 11.8 Å². The summed E-state index contributed by atoms with van der Waals surface area (Å²) in [4.78, 5) is 41.5. The molecule has 144 valence electrons. The van der Waals surface area contributed by atoms with Crippen LogP contribution in [0.15, 0.2) is 48.5 Å². The molecule has 1 saturated heterocycles. The van der Waals surface area contributed by atoms with Gasteiger partial charge in [-0.1, -0.05) is 11.6 Å². The van der Waals surface area contributed by atoms with Crippen LogP contribution in [0.4, 0.5) is 5.69 Å². The van der Waals surface area contributed by atoms with E-state index in [-0.39, 0.29) is 30.2 Å². The molecule has 28 heavy (non-hydrogen) atoms. The summed E-state index contributed by atoms with van der Waals surface area (Å²) in [5, 5.41) is 0.522. The summed E-state index contributed by atoms with van der Waals surface area (Å²) in [6.07, 6.45) is 1.65. The van der Waals surface area contributed by atoms with Gasteiger partial charge in [0.15, 0.2) is 0 Å². The first-order valence-electron chi connectivity index (χ1n) is 9.08. The van der Waals surface area contributed by atoms with Gasteiger partial charge in [-0.3, -0.25) is 14.4 Å². The number of carbonyl (C=O) groups is 3. The number of ether oxygens (including phenoxy) is 1. The van der Waals surface area contributed by atoms with Crippen molar-refractivity contribution in [1.82, 2.24) is 4.90 Å². The number of benzene rings is 2. The van der Waals surface area contributed by atoms with Crippen molar-refractivity contribution in [2.45, 2.75) is 31.3 Å². The maximum Gasteiger partial charge on any atom is 0.257 e. The highest BCUT2D eigenvalue weighted by Gasteiger charge is 2.48. The van der Waals surface area contributed by atoms with E-state index in [0.29, 0.717) is 22.0 Å². The number of carbonyl (C=O) groups excluding carboxylic acids is 3. The molecule has 1 aliphatic carbocycles. The minimum absolute atomic E-state index is 0.0125. The van der Waals surface area contributed by atoms with Crippen molar-refractivity contribution in [3.8, 4) is 5.75 Å². The quantitative estimate of drug-likeness (QED) is 0.725. The Balaban J connectivity index is 1.61. The minimum Gasteiger partial charge on any atom is -0.497 e. The smallest absolute Gasteiger partial charge is 0.257 e. The largest absolute Gasteiger partial charge is 0.497 e. The van der Waals surface area contributed by atoms with E-state index in [4.69, 9.17) is 16.3 Å². The minimum atomic E-state index is -0.787. The van der Waals surface area contributed by atoms with E-state index in [1.807, 2.05) is 0 Å². The molecule has 0 bridgehead atoms. The molecular formula is C21H19ClN2O4. The molecule has 1 aliphatic heterocycles. The zero-order chi connectivity index (χ0) is 19.8. The zero-order valence-electron chi connectivity index (χ0n) is 15.3. The number of hydrogen-bond donors (Lipinski definition) is 0. The number of nitrogens with zero attached hydrogens (tertiary/aromatic N) is 2. The fourth-order valence-corrected chi connectivity index (χ4v) is 3.62. The van der Waals surface area contributed by atoms with Gasteiger partial charge in [-0.25, -0.2) is 4.90 Å². The summed E-state index contributed by atoms with van der Waals surface area (Å²) in [5.74, 6) is -0.281. The van der Waals surface area contributed by atoms with Gasteiger partial charge < -0.3 is 9.64 Å². The lowest BCUT2D eigenvalue weighted by Crippen LogP contribution is -2.46. The van der Waals surface area contributed by atoms with Crippen molar-refractivity contribution >= 4 is 35.0 Å². The molecule has 0 N–H and O–H groups in total. The third kappa shape index (κ3) is 3.36. The van der Waals surface area contributed by atoms with Gasteiger partial charge >= 0.3 is 0 Å². The maximum absolute atomic E-state index is 13.1. The van der Waals surface area contributed by atoms with E-state index in [1.165, 1.54) is 0 Å². The van der Waals surface area contributed by atoms with Crippen molar-refractivity contribution in [3.63, 3.8) is 0 Å². The Labute approximate surface area is 167 Å². The molecule has 1 atom stereocenters. The van der Waals surface area contributed by atoms with E-state index < -0.39 is 6.04 Å². The molecule has 1 unspecified atom stereocenters. The molecule has 2 aliphatic rings. The van der Waals surface area contributed by atoms with Gasteiger partial charge in [-0.15, -0.1) is 0 Å². The number of anilines is 1. The normalized spacial score (nSPS) is 19.1. The summed E-state index contributed by atoms with van der Waals surface area (Å²) < 4.78 is 5.13. The van der Waals surface area contributed by atoms with E-state index in [9.17, 15) is 14.4 Å². The molecule has 1 heterocycles. The van der Waals surface area contributed by atoms with Crippen molar-refractivity contribution in [1.29, 1.82) is 0 Å². The zero-order valence-corrected chi connectivity index (χ0v) is 16.1. The highest BCUT2D eigenvalue weighted by atomic mass is 35.5. The molecule has 2 aromatic rings. The molecule has 6 nitrogen and oxygen atoms in total. The number of imide groups is 1. The lowest BCUT2D eigenvalue weighted by Gasteiger charge is -2.27. The van der Waals surface area contributed by atoms with Gasteiger partial charge in [0, 0.05) is 16.6 Å². The van der Waals surface area contributed by atoms with Crippen LogP contribution in [0, 0.1) is 0 Å². The van der Waals surface area contributed by atoms with E-state index >= 15 is 0 Å². The predicted octanol–water partition coefficient (Wildman–Crippen LogP) is 3.29. The molecular weight excluding hydrogens is 380 g/mol. The Morgan fingerprint density at radius 2 is 1.71 bits per heavy atom. The number of rotatable bonds is 5. The monoisotopic (exact) mass is 398 g/mol. The molecule has 0 aromatic heterocycles. The molecule has 1 saturated carbocycles. The second-order valence-corrected chi connectivity index (χ2v) is 7.37. The van der Waals surface area contributed by atoms with Crippen LogP contribution in [0.3, 0.4) is 0 Å². The first-order valence-corrected chi connectivity index (χ1v) is 9.46. The summed E-state index contributed by atoms with van der Waals surface area (Å²) in [6.45, 7) is 0. The first-order chi connectivity index (χ1) is 13.5. The highest BCUT2D eigenvalue weighted by Crippen LogP contribution is 2.35. The Bertz CT molecular complexity index is 922. The maximum atomic E-state index is 13.1. The van der Waals surface area contributed by atoms with Crippen LogP contribution in [0.25, 0.3) is 0 Å². The number of halogens is 1. The van der Waals surface area contributed by atoms with Crippen LogP contribution in [-0.2, 0) is 9.59 Å². The van der Waals surface area contributed by atoms with Gasteiger partial charge in [0.2, 0.25) is 5.91 Å². The summed E-state index contributed by atoms with van der Waals surface area (Å²) in [6, 6.07) is 12.5. The third-order valence-electron chi connectivity index (χ3n) is 5.06. The van der Waals surface area contributed by atoms with Crippen LogP contribution in [0.5, 0.6) is 5.75 Å². The average molecular weight is 399 g/mol. The van der Waals surface area contributed by atoms with Gasteiger partial charge in [-0.2, -0.15) is 0 Å². The first kappa shape index (κ1) is 18.5. The Morgan fingerprint density at radius 3 is 2.29 bits per heavy atom. The second-order valence-electron chi connectivity index (χ2n) is 6.94. The SMILES string of the molecule is COc1ccc(C(=O)N(C2CC2)C2CC(=O)N(c3ccc(Cl)cc3)C2=O)cc1. The number of methoxy groups -OCH3 is 1. The lowest BCUT2D eigenvalue weighted by molar-refractivity contribution is -0.122. The van der Waals surface area contributed by atoms with E-state index in [1.54, 1.807) is 60.5 Å². The van der Waals surface area contributed by atoms with E-state index in [0.717, 1.165) is 17.7 Å². The van der Waals surface area contributed by atoms with Crippen LogP contribution in [0.2, 0.25) is 5.02 Å². The van der Waals surface area contributed by atoms with Crippen molar-refractivity contribution in [2.24, 2.45) is 0 Å². The van der Waals surface area contributed by atoms with Gasteiger partial charge in [0.05, 0.1) is 19.2 Å². The Hall–Kier alpha value is -2.86. The fraction of sp³-hybridized carbons (Fsp3) is 0.286. The molecule has 0 radical (unpaired) electrons. The predicted molar refractivity (Wildman–Crippen MR) is 105 cm³/mol. The molecule has 7 heteroatoms. The van der Waals surface area contributed by atoms with Gasteiger partial charge in [-0.05, 0) is 61.4 Å². The van der Waals surface area contributed by atoms with Crippen LogP contribution < -0.4 is 9.64 Å². The Kier molecular flexibility index (Phi) is 4.81. The second kappa shape index (κ2) is 7.28.